The van der Waals surface area contributed by atoms with E-state index in [2.05, 4.69) is 45.3 Å². The Morgan fingerprint density at radius 3 is 2.43 bits per heavy atom. The van der Waals surface area contributed by atoms with Gasteiger partial charge in [-0.15, -0.1) is 0 Å². The standard InChI is InChI=1S/C19H32N2/c1-5-16-7-6-8-17(11-16)19(21-20)12-18-14(3)9-13(2)10-15(18)4/h9-10,16-17,19,21H,5-8,11-12,20H2,1-4H3. The van der Waals surface area contributed by atoms with Crippen LogP contribution in [0.4, 0.5) is 0 Å². The summed E-state index contributed by atoms with van der Waals surface area (Å²) in [4.78, 5) is 0. The van der Waals surface area contributed by atoms with Crippen LogP contribution >= 0.6 is 0 Å². The van der Waals surface area contributed by atoms with Gasteiger partial charge in [0.05, 0.1) is 0 Å². The van der Waals surface area contributed by atoms with E-state index in [1.54, 1.807) is 0 Å². The molecule has 2 nitrogen and oxygen atoms in total. The second kappa shape index (κ2) is 7.42. The van der Waals surface area contributed by atoms with Crippen LogP contribution in [0.2, 0.25) is 0 Å². The van der Waals surface area contributed by atoms with E-state index in [9.17, 15) is 0 Å². The van der Waals surface area contributed by atoms with Crippen molar-refractivity contribution in [3.63, 3.8) is 0 Å². The average Bonchev–Trinajstić information content (AvgIpc) is 2.46. The van der Waals surface area contributed by atoms with Crippen LogP contribution in [0.15, 0.2) is 12.1 Å². The Morgan fingerprint density at radius 2 is 1.86 bits per heavy atom. The number of hydrogen-bond acceptors (Lipinski definition) is 2. The molecule has 1 fully saturated rings. The van der Waals surface area contributed by atoms with Crippen LogP contribution in [0.25, 0.3) is 0 Å². The van der Waals surface area contributed by atoms with Gasteiger partial charge in [-0.05, 0) is 68.6 Å². The monoisotopic (exact) mass is 288 g/mol. The third kappa shape index (κ3) is 4.08. The van der Waals surface area contributed by atoms with Gasteiger partial charge in [0.15, 0.2) is 0 Å². The van der Waals surface area contributed by atoms with Crippen LogP contribution in [-0.2, 0) is 6.42 Å². The highest BCUT2D eigenvalue weighted by Gasteiger charge is 2.27. The number of nitrogens with two attached hydrogens (primary N) is 1. The predicted octanol–water partition coefficient (Wildman–Crippen LogP) is 4.20. The summed E-state index contributed by atoms with van der Waals surface area (Å²) in [5.41, 5.74) is 8.80. The average molecular weight is 288 g/mol. The molecule has 1 aromatic carbocycles. The first-order valence-corrected chi connectivity index (χ1v) is 8.58. The fourth-order valence-electron chi connectivity index (χ4n) is 4.18. The maximum atomic E-state index is 5.92. The molecule has 3 unspecified atom stereocenters. The summed E-state index contributed by atoms with van der Waals surface area (Å²) < 4.78 is 0. The van der Waals surface area contributed by atoms with Gasteiger partial charge in [-0.25, -0.2) is 0 Å². The van der Waals surface area contributed by atoms with Crippen molar-refractivity contribution in [1.82, 2.24) is 5.43 Å². The molecule has 3 atom stereocenters. The second-order valence-electron chi connectivity index (χ2n) is 7.06. The summed E-state index contributed by atoms with van der Waals surface area (Å²) >= 11 is 0. The largest absolute Gasteiger partial charge is 0.271 e. The molecule has 1 aromatic rings. The van der Waals surface area contributed by atoms with Crippen LogP contribution in [0, 0.1) is 32.6 Å². The third-order valence-electron chi connectivity index (χ3n) is 5.45. The molecule has 0 aromatic heterocycles. The van der Waals surface area contributed by atoms with Crippen molar-refractivity contribution in [2.45, 2.75) is 72.3 Å². The first-order chi connectivity index (χ1) is 10.0. The molecule has 0 radical (unpaired) electrons. The molecule has 21 heavy (non-hydrogen) atoms. The zero-order chi connectivity index (χ0) is 15.4. The van der Waals surface area contributed by atoms with Crippen LogP contribution in [0.3, 0.4) is 0 Å². The van der Waals surface area contributed by atoms with Gasteiger partial charge in [0, 0.05) is 6.04 Å². The van der Waals surface area contributed by atoms with Gasteiger partial charge in [0.25, 0.3) is 0 Å². The molecule has 2 heteroatoms. The number of hydrazine groups is 1. The summed E-state index contributed by atoms with van der Waals surface area (Å²) in [6, 6.07) is 5.01. The van der Waals surface area contributed by atoms with Gasteiger partial charge < -0.3 is 0 Å². The molecule has 1 aliphatic carbocycles. The number of benzene rings is 1. The number of rotatable bonds is 5. The van der Waals surface area contributed by atoms with Crippen molar-refractivity contribution in [2.75, 3.05) is 0 Å². The molecule has 1 saturated carbocycles. The Bertz CT molecular complexity index is 444. The molecule has 0 bridgehead atoms. The lowest BCUT2D eigenvalue weighted by Crippen LogP contribution is -2.44. The van der Waals surface area contributed by atoms with Crippen molar-refractivity contribution < 1.29 is 0 Å². The first-order valence-electron chi connectivity index (χ1n) is 8.58. The summed E-state index contributed by atoms with van der Waals surface area (Å²) in [6.45, 7) is 8.97. The van der Waals surface area contributed by atoms with Gasteiger partial charge in [0.2, 0.25) is 0 Å². The Labute approximate surface area is 130 Å². The maximum absolute atomic E-state index is 5.92. The SMILES string of the molecule is CCC1CCCC(C(Cc2c(C)cc(C)cc2C)NN)C1. The minimum atomic E-state index is 0.416. The summed E-state index contributed by atoms with van der Waals surface area (Å²) in [6.07, 6.45) is 7.83. The van der Waals surface area contributed by atoms with Crippen molar-refractivity contribution >= 4 is 0 Å². The molecule has 1 aliphatic rings. The van der Waals surface area contributed by atoms with Gasteiger partial charge in [-0.2, -0.15) is 0 Å². The fourth-order valence-corrected chi connectivity index (χ4v) is 4.18. The molecule has 2 rings (SSSR count). The lowest BCUT2D eigenvalue weighted by Gasteiger charge is -2.34. The van der Waals surface area contributed by atoms with Gasteiger partial charge >= 0.3 is 0 Å². The minimum Gasteiger partial charge on any atom is -0.271 e. The quantitative estimate of drug-likeness (QED) is 0.629. The van der Waals surface area contributed by atoms with Crippen LogP contribution < -0.4 is 11.3 Å². The van der Waals surface area contributed by atoms with Gasteiger partial charge in [0.1, 0.15) is 0 Å². The highest BCUT2D eigenvalue weighted by Crippen LogP contribution is 2.34. The van der Waals surface area contributed by atoms with E-state index in [-0.39, 0.29) is 0 Å². The molecule has 3 N–H and O–H groups in total. The first kappa shape index (κ1) is 16.5. The zero-order valence-electron chi connectivity index (χ0n) is 14.2. The Kier molecular flexibility index (Phi) is 5.83. The number of nitrogens with one attached hydrogen (secondary N) is 1. The molecular formula is C19H32N2. The van der Waals surface area contributed by atoms with Gasteiger partial charge in [-0.1, -0.05) is 43.9 Å². The van der Waals surface area contributed by atoms with E-state index in [0.717, 1.165) is 18.3 Å². The number of aryl methyl sites for hydroxylation is 3. The Balaban J connectivity index is 2.12. The molecular weight excluding hydrogens is 256 g/mol. The fraction of sp³-hybridized carbons (Fsp3) is 0.684. The van der Waals surface area contributed by atoms with E-state index in [1.807, 2.05) is 0 Å². The molecule has 0 spiro atoms. The lowest BCUT2D eigenvalue weighted by molar-refractivity contribution is 0.207. The normalized spacial score (nSPS) is 24.0. The van der Waals surface area contributed by atoms with Crippen LogP contribution in [0.1, 0.15) is 61.3 Å². The third-order valence-corrected chi connectivity index (χ3v) is 5.45. The summed E-state index contributed by atoms with van der Waals surface area (Å²) in [7, 11) is 0. The van der Waals surface area contributed by atoms with E-state index >= 15 is 0 Å². The second-order valence-corrected chi connectivity index (χ2v) is 7.06. The van der Waals surface area contributed by atoms with Crippen molar-refractivity contribution in [3.8, 4) is 0 Å². The summed E-state index contributed by atoms with van der Waals surface area (Å²) in [5, 5.41) is 0. The van der Waals surface area contributed by atoms with E-state index in [4.69, 9.17) is 5.84 Å². The van der Waals surface area contributed by atoms with Crippen molar-refractivity contribution in [2.24, 2.45) is 17.7 Å². The summed E-state index contributed by atoms with van der Waals surface area (Å²) in [5.74, 6) is 7.55. The molecule has 0 saturated heterocycles. The lowest BCUT2D eigenvalue weighted by atomic mass is 9.75. The van der Waals surface area contributed by atoms with E-state index in [1.165, 1.54) is 54.4 Å². The maximum Gasteiger partial charge on any atom is 0.0279 e. The molecule has 0 heterocycles. The number of hydrogen-bond donors (Lipinski definition) is 2. The van der Waals surface area contributed by atoms with Crippen molar-refractivity contribution in [3.05, 3.63) is 34.4 Å². The van der Waals surface area contributed by atoms with E-state index in [0.29, 0.717) is 6.04 Å². The molecule has 0 amide bonds. The Hall–Kier alpha value is -0.860. The predicted molar refractivity (Wildman–Crippen MR) is 91.2 cm³/mol. The minimum absolute atomic E-state index is 0.416. The van der Waals surface area contributed by atoms with Gasteiger partial charge in [-0.3, -0.25) is 11.3 Å². The van der Waals surface area contributed by atoms with E-state index < -0.39 is 0 Å². The molecule has 0 aliphatic heterocycles. The molecule has 118 valence electrons. The van der Waals surface area contributed by atoms with Crippen LogP contribution in [-0.4, -0.2) is 6.04 Å². The highest BCUT2D eigenvalue weighted by atomic mass is 15.2. The van der Waals surface area contributed by atoms with Crippen LogP contribution in [0.5, 0.6) is 0 Å². The van der Waals surface area contributed by atoms with Crippen molar-refractivity contribution in [1.29, 1.82) is 0 Å². The topological polar surface area (TPSA) is 38.0 Å². The highest BCUT2D eigenvalue weighted by molar-refractivity contribution is 5.38. The smallest absolute Gasteiger partial charge is 0.0279 e. The Morgan fingerprint density at radius 1 is 1.19 bits per heavy atom. The zero-order valence-corrected chi connectivity index (χ0v) is 14.2.